The summed E-state index contributed by atoms with van der Waals surface area (Å²) in [6, 6.07) is 0. The minimum Gasteiger partial charge on any atom is -0.473 e. The lowest BCUT2D eigenvalue weighted by Crippen LogP contribution is -2.36. The smallest absolute Gasteiger partial charge is 0.305 e. The summed E-state index contributed by atoms with van der Waals surface area (Å²) in [5, 5.41) is 15.4. The van der Waals surface area contributed by atoms with E-state index in [2.05, 4.69) is 24.1 Å². The molecule has 0 spiro atoms. The average molecular weight is 346 g/mol. The third-order valence-corrected chi connectivity index (χ3v) is 3.33. The zero-order chi connectivity index (χ0) is 17.1. The van der Waals surface area contributed by atoms with Gasteiger partial charge in [-0.15, -0.1) is 4.37 Å². The van der Waals surface area contributed by atoms with Gasteiger partial charge in [-0.25, -0.2) is 0 Å². The number of aliphatic hydroxyl groups excluding tert-OH is 1. The summed E-state index contributed by atoms with van der Waals surface area (Å²) in [6.45, 7) is 2.89. The van der Waals surface area contributed by atoms with Crippen molar-refractivity contribution < 1.29 is 24.2 Å². The first-order valence-electron chi connectivity index (χ1n) is 7.17. The number of aryl methyl sites for hydroxylation is 1. The SMILES string of the molecule is COC(=O)CCc1nsnc1OCC(O)CNCCNC(C)=O. The van der Waals surface area contributed by atoms with Gasteiger partial charge in [0.15, 0.2) is 0 Å². The maximum atomic E-state index is 11.1. The van der Waals surface area contributed by atoms with Crippen molar-refractivity contribution in [2.75, 3.05) is 33.4 Å². The van der Waals surface area contributed by atoms with Crippen LogP contribution in [0.5, 0.6) is 5.88 Å². The van der Waals surface area contributed by atoms with Crippen LogP contribution < -0.4 is 15.4 Å². The predicted octanol–water partition coefficient (Wildman–Crippen LogP) is -0.891. The minimum absolute atomic E-state index is 0.0593. The normalized spacial score (nSPS) is 11.8. The van der Waals surface area contributed by atoms with Gasteiger partial charge in [0.05, 0.1) is 25.3 Å². The molecule has 9 nitrogen and oxygen atoms in total. The van der Waals surface area contributed by atoms with E-state index in [0.717, 1.165) is 11.7 Å². The molecule has 0 aliphatic heterocycles. The molecule has 0 aliphatic rings. The molecule has 1 aromatic rings. The molecule has 0 fully saturated rings. The Morgan fingerprint density at radius 3 is 2.83 bits per heavy atom. The van der Waals surface area contributed by atoms with Gasteiger partial charge in [0.2, 0.25) is 11.8 Å². The third kappa shape index (κ3) is 8.43. The number of nitrogens with zero attached hydrogens (tertiary/aromatic N) is 2. The van der Waals surface area contributed by atoms with Crippen molar-refractivity contribution in [1.82, 2.24) is 19.4 Å². The molecule has 1 rings (SSSR count). The van der Waals surface area contributed by atoms with Crippen molar-refractivity contribution >= 4 is 23.6 Å². The molecule has 0 saturated heterocycles. The summed E-state index contributed by atoms with van der Waals surface area (Å²) in [5.74, 6) is -0.0882. The number of ether oxygens (including phenoxy) is 2. The van der Waals surface area contributed by atoms with Crippen LogP contribution in [0.2, 0.25) is 0 Å². The Balaban J connectivity index is 2.22. The second-order valence-electron chi connectivity index (χ2n) is 4.74. The van der Waals surface area contributed by atoms with Crippen molar-refractivity contribution in [2.45, 2.75) is 25.9 Å². The molecule has 130 valence electrons. The standard InChI is InChI=1S/C13H22N4O5S/c1-9(18)15-6-5-14-7-10(19)8-22-13-11(16-23-17-13)3-4-12(20)21-2/h10,14,19H,3-8H2,1-2H3,(H,15,18). The molecule has 3 N–H and O–H groups in total. The van der Waals surface area contributed by atoms with Crippen LogP contribution in [0.4, 0.5) is 0 Å². The average Bonchev–Trinajstić information content (AvgIpc) is 2.97. The van der Waals surface area contributed by atoms with Gasteiger partial charge in [0, 0.05) is 33.0 Å². The molecule has 1 atom stereocenters. The van der Waals surface area contributed by atoms with Crippen LogP contribution in [-0.4, -0.2) is 65.2 Å². The zero-order valence-electron chi connectivity index (χ0n) is 13.2. The van der Waals surface area contributed by atoms with Crippen molar-refractivity contribution in [2.24, 2.45) is 0 Å². The van der Waals surface area contributed by atoms with Crippen molar-refractivity contribution in [3.05, 3.63) is 5.69 Å². The highest BCUT2D eigenvalue weighted by atomic mass is 32.1. The summed E-state index contributed by atoms with van der Waals surface area (Å²) in [5.41, 5.74) is 0.575. The number of hydrogen-bond acceptors (Lipinski definition) is 9. The maximum absolute atomic E-state index is 11.1. The van der Waals surface area contributed by atoms with Crippen molar-refractivity contribution in [1.29, 1.82) is 0 Å². The fourth-order valence-electron chi connectivity index (χ4n) is 1.61. The van der Waals surface area contributed by atoms with E-state index in [1.807, 2.05) is 0 Å². The number of aliphatic hydroxyl groups is 1. The van der Waals surface area contributed by atoms with Crippen LogP contribution in [-0.2, 0) is 20.7 Å². The van der Waals surface area contributed by atoms with Gasteiger partial charge in [-0.3, -0.25) is 9.59 Å². The first kappa shape index (κ1) is 19.3. The van der Waals surface area contributed by atoms with Crippen LogP contribution in [0.1, 0.15) is 19.0 Å². The monoisotopic (exact) mass is 346 g/mol. The number of methoxy groups -OCH3 is 1. The molecular formula is C13H22N4O5S. The van der Waals surface area contributed by atoms with E-state index in [4.69, 9.17) is 4.74 Å². The molecule has 0 saturated carbocycles. The second kappa shape index (κ2) is 10.9. The van der Waals surface area contributed by atoms with Crippen molar-refractivity contribution in [3.8, 4) is 5.88 Å². The number of esters is 1. The Bertz CT molecular complexity index is 496. The minimum atomic E-state index is -0.720. The van der Waals surface area contributed by atoms with Gasteiger partial charge in [-0.2, -0.15) is 4.37 Å². The number of nitrogens with one attached hydrogen (secondary N) is 2. The van der Waals surface area contributed by atoms with Gasteiger partial charge in [0.25, 0.3) is 0 Å². The predicted molar refractivity (Wildman–Crippen MR) is 83.3 cm³/mol. The number of carbonyl (C=O) groups is 2. The Hall–Kier alpha value is -1.78. The van der Waals surface area contributed by atoms with E-state index < -0.39 is 6.10 Å². The molecule has 1 heterocycles. The van der Waals surface area contributed by atoms with E-state index in [9.17, 15) is 14.7 Å². The van der Waals surface area contributed by atoms with E-state index >= 15 is 0 Å². The lowest BCUT2D eigenvalue weighted by atomic mass is 10.2. The molecule has 0 aromatic carbocycles. The summed E-state index contributed by atoms with van der Waals surface area (Å²) in [6.07, 6.45) is -0.141. The summed E-state index contributed by atoms with van der Waals surface area (Å²) < 4.78 is 18.1. The van der Waals surface area contributed by atoms with Crippen molar-refractivity contribution in [3.63, 3.8) is 0 Å². The molecule has 10 heteroatoms. The first-order chi connectivity index (χ1) is 11.0. The van der Waals surface area contributed by atoms with Gasteiger partial charge in [-0.1, -0.05) is 0 Å². The second-order valence-corrected chi connectivity index (χ2v) is 5.27. The summed E-state index contributed by atoms with van der Waals surface area (Å²) in [4.78, 5) is 21.8. The van der Waals surface area contributed by atoms with E-state index in [0.29, 0.717) is 37.6 Å². The largest absolute Gasteiger partial charge is 0.473 e. The van der Waals surface area contributed by atoms with Gasteiger partial charge < -0.3 is 25.2 Å². The Morgan fingerprint density at radius 2 is 2.13 bits per heavy atom. The molecule has 1 aromatic heterocycles. The number of carbonyl (C=O) groups excluding carboxylic acids is 2. The highest BCUT2D eigenvalue weighted by Gasteiger charge is 2.13. The quantitative estimate of drug-likeness (QED) is 0.348. The lowest BCUT2D eigenvalue weighted by molar-refractivity contribution is -0.140. The van der Waals surface area contributed by atoms with Crippen LogP contribution in [0.15, 0.2) is 0 Å². The third-order valence-electron chi connectivity index (χ3n) is 2.78. The Labute approximate surface area is 138 Å². The zero-order valence-corrected chi connectivity index (χ0v) is 14.0. The van der Waals surface area contributed by atoms with Crippen LogP contribution in [0.25, 0.3) is 0 Å². The highest BCUT2D eigenvalue weighted by Crippen LogP contribution is 2.17. The summed E-state index contributed by atoms with van der Waals surface area (Å²) in [7, 11) is 1.33. The summed E-state index contributed by atoms with van der Waals surface area (Å²) >= 11 is 0.990. The lowest BCUT2D eigenvalue weighted by Gasteiger charge is -2.12. The number of rotatable bonds is 11. The molecular weight excluding hydrogens is 324 g/mol. The molecule has 0 bridgehead atoms. The molecule has 23 heavy (non-hydrogen) atoms. The van der Waals surface area contributed by atoms with Gasteiger partial charge in [0.1, 0.15) is 18.4 Å². The fourth-order valence-corrected chi connectivity index (χ4v) is 2.15. The molecule has 0 radical (unpaired) electrons. The van der Waals surface area contributed by atoms with E-state index in [1.54, 1.807) is 0 Å². The fraction of sp³-hybridized carbons (Fsp3) is 0.692. The number of hydrogen-bond donors (Lipinski definition) is 3. The van der Waals surface area contributed by atoms with E-state index in [-0.39, 0.29) is 24.9 Å². The van der Waals surface area contributed by atoms with Crippen LogP contribution in [0.3, 0.4) is 0 Å². The Morgan fingerprint density at radius 1 is 1.35 bits per heavy atom. The number of amides is 1. The number of aromatic nitrogens is 2. The topological polar surface area (TPSA) is 123 Å². The van der Waals surface area contributed by atoms with E-state index in [1.165, 1.54) is 14.0 Å². The van der Waals surface area contributed by atoms with Gasteiger partial charge in [-0.05, 0) is 0 Å². The molecule has 1 unspecified atom stereocenters. The van der Waals surface area contributed by atoms with Crippen LogP contribution >= 0.6 is 11.7 Å². The maximum Gasteiger partial charge on any atom is 0.305 e. The molecule has 1 amide bonds. The molecule has 0 aliphatic carbocycles. The highest BCUT2D eigenvalue weighted by molar-refractivity contribution is 6.99. The van der Waals surface area contributed by atoms with Gasteiger partial charge >= 0.3 is 5.97 Å². The van der Waals surface area contributed by atoms with Crippen LogP contribution in [0, 0.1) is 0 Å². The Kier molecular flexibility index (Phi) is 9.10. The first-order valence-corrected chi connectivity index (χ1v) is 7.90.